The predicted molar refractivity (Wildman–Crippen MR) is 95.0 cm³/mol. The van der Waals surface area contributed by atoms with E-state index in [1.807, 2.05) is 43.0 Å². The molecule has 2 aromatic rings. The number of aryl methyl sites for hydroxylation is 2. The standard InChI is InChI=1S/C20H22N2O2/c1-13-11-14(2)19-17(12-13)18(21-15(3)23)20(24)22(19)10-9-16-7-5-4-6-8-16/h4-8,11-12,18H,9-10H2,1-3H3,(H,21,23)/t18-/m0/s1. The number of nitrogens with one attached hydrogen (secondary N) is 1. The van der Waals surface area contributed by atoms with E-state index in [1.54, 1.807) is 0 Å². The molecule has 0 aromatic heterocycles. The first-order chi connectivity index (χ1) is 11.5. The predicted octanol–water partition coefficient (Wildman–Crippen LogP) is 3.07. The van der Waals surface area contributed by atoms with Crippen molar-refractivity contribution in [1.82, 2.24) is 5.32 Å². The summed E-state index contributed by atoms with van der Waals surface area (Å²) in [7, 11) is 0. The summed E-state index contributed by atoms with van der Waals surface area (Å²) >= 11 is 0. The molecule has 1 N–H and O–H groups in total. The third kappa shape index (κ3) is 3.04. The first-order valence-electron chi connectivity index (χ1n) is 8.21. The van der Waals surface area contributed by atoms with Gasteiger partial charge in [-0.1, -0.05) is 48.0 Å². The van der Waals surface area contributed by atoms with E-state index < -0.39 is 6.04 Å². The van der Waals surface area contributed by atoms with E-state index in [9.17, 15) is 9.59 Å². The van der Waals surface area contributed by atoms with Crippen LogP contribution in [0, 0.1) is 13.8 Å². The number of amides is 2. The van der Waals surface area contributed by atoms with Crippen LogP contribution in [0.5, 0.6) is 0 Å². The van der Waals surface area contributed by atoms with Gasteiger partial charge in [-0.05, 0) is 31.4 Å². The van der Waals surface area contributed by atoms with Gasteiger partial charge in [0, 0.05) is 19.0 Å². The van der Waals surface area contributed by atoms with E-state index in [0.717, 1.165) is 28.8 Å². The van der Waals surface area contributed by atoms with Crippen molar-refractivity contribution in [2.75, 3.05) is 11.4 Å². The van der Waals surface area contributed by atoms with Crippen LogP contribution in [0.4, 0.5) is 5.69 Å². The van der Waals surface area contributed by atoms with Crippen molar-refractivity contribution < 1.29 is 9.59 Å². The summed E-state index contributed by atoms with van der Waals surface area (Å²) in [5.41, 5.74) is 5.21. The number of rotatable bonds is 4. The van der Waals surface area contributed by atoms with Gasteiger partial charge in [0.25, 0.3) is 5.91 Å². The zero-order valence-corrected chi connectivity index (χ0v) is 14.3. The molecule has 2 amide bonds. The van der Waals surface area contributed by atoms with Crippen LogP contribution in [0.15, 0.2) is 42.5 Å². The summed E-state index contributed by atoms with van der Waals surface area (Å²) in [5.74, 6) is -0.242. The lowest BCUT2D eigenvalue weighted by Gasteiger charge is -2.20. The van der Waals surface area contributed by atoms with E-state index in [1.165, 1.54) is 12.5 Å². The van der Waals surface area contributed by atoms with Crippen molar-refractivity contribution in [2.24, 2.45) is 0 Å². The van der Waals surface area contributed by atoms with Gasteiger partial charge in [-0.3, -0.25) is 9.59 Å². The smallest absolute Gasteiger partial charge is 0.254 e. The molecule has 4 heteroatoms. The van der Waals surface area contributed by atoms with Crippen LogP contribution in [-0.4, -0.2) is 18.4 Å². The minimum atomic E-state index is -0.577. The highest BCUT2D eigenvalue weighted by Crippen LogP contribution is 2.39. The summed E-state index contributed by atoms with van der Waals surface area (Å²) in [4.78, 5) is 26.2. The Morgan fingerprint density at radius 2 is 1.88 bits per heavy atom. The number of benzene rings is 2. The Kier molecular flexibility index (Phi) is 4.38. The zero-order chi connectivity index (χ0) is 17.3. The molecule has 0 saturated heterocycles. The number of fused-ring (bicyclic) bond motifs is 1. The zero-order valence-electron chi connectivity index (χ0n) is 14.3. The SMILES string of the molecule is CC(=O)N[C@@H]1C(=O)N(CCc2ccccc2)c2c(C)cc(C)cc21. The molecule has 0 bridgehead atoms. The van der Waals surface area contributed by atoms with Gasteiger partial charge >= 0.3 is 0 Å². The van der Waals surface area contributed by atoms with Crippen LogP contribution in [0.3, 0.4) is 0 Å². The maximum Gasteiger partial charge on any atom is 0.254 e. The molecule has 1 aliphatic rings. The molecule has 4 nitrogen and oxygen atoms in total. The molecule has 0 radical (unpaired) electrons. The summed E-state index contributed by atoms with van der Waals surface area (Å²) in [5, 5.41) is 2.80. The number of carbonyl (C=O) groups excluding carboxylic acids is 2. The molecule has 0 spiro atoms. The van der Waals surface area contributed by atoms with Crippen molar-refractivity contribution in [3.8, 4) is 0 Å². The number of nitrogens with zero attached hydrogens (tertiary/aromatic N) is 1. The maximum atomic E-state index is 12.9. The van der Waals surface area contributed by atoms with E-state index in [0.29, 0.717) is 6.54 Å². The summed E-state index contributed by atoms with van der Waals surface area (Å²) in [6.45, 7) is 6.08. The summed E-state index contributed by atoms with van der Waals surface area (Å²) in [6, 6.07) is 13.6. The van der Waals surface area contributed by atoms with Crippen LogP contribution in [0.1, 0.15) is 35.2 Å². The molecular weight excluding hydrogens is 300 g/mol. The largest absolute Gasteiger partial charge is 0.341 e. The van der Waals surface area contributed by atoms with Gasteiger partial charge in [0.15, 0.2) is 0 Å². The fourth-order valence-corrected chi connectivity index (χ4v) is 3.43. The number of hydrogen-bond donors (Lipinski definition) is 1. The lowest BCUT2D eigenvalue weighted by Crippen LogP contribution is -2.37. The van der Waals surface area contributed by atoms with Gasteiger partial charge in [0.1, 0.15) is 6.04 Å². The van der Waals surface area contributed by atoms with Gasteiger partial charge < -0.3 is 10.2 Å². The Hall–Kier alpha value is -2.62. The Labute approximate surface area is 142 Å². The first-order valence-corrected chi connectivity index (χ1v) is 8.21. The van der Waals surface area contributed by atoms with Gasteiger partial charge in [-0.15, -0.1) is 0 Å². The van der Waals surface area contributed by atoms with E-state index >= 15 is 0 Å². The van der Waals surface area contributed by atoms with Gasteiger partial charge in [0.2, 0.25) is 5.91 Å². The van der Waals surface area contributed by atoms with E-state index in [-0.39, 0.29) is 11.8 Å². The molecule has 1 heterocycles. The van der Waals surface area contributed by atoms with Gasteiger partial charge in [-0.25, -0.2) is 0 Å². The quantitative estimate of drug-likeness (QED) is 0.940. The lowest BCUT2D eigenvalue weighted by atomic mass is 10.0. The molecular formula is C20H22N2O2. The lowest BCUT2D eigenvalue weighted by molar-refractivity contribution is -0.126. The fourth-order valence-electron chi connectivity index (χ4n) is 3.43. The molecule has 3 rings (SSSR count). The maximum absolute atomic E-state index is 12.9. The van der Waals surface area contributed by atoms with Crippen LogP contribution in [0.2, 0.25) is 0 Å². The Morgan fingerprint density at radius 3 is 2.54 bits per heavy atom. The van der Waals surface area contributed by atoms with Crippen molar-refractivity contribution >= 4 is 17.5 Å². The second-order valence-corrected chi connectivity index (χ2v) is 6.38. The fraction of sp³-hybridized carbons (Fsp3) is 0.300. The molecule has 24 heavy (non-hydrogen) atoms. The molecule has 0 saturated carbocycles. The van der Waals surface area contributed by atoms with Crippen LogP contribution >= 0.6 is 0 Å². The first kappa shape index (κ1) is 16.2. The third-order valence-corrected chi connectivity index (χ3v) is 4.38. The minimum Gasteiger partial charge on any atom is -0.341 e. The Bertz CT molecular complexity index is 784. The van der Waals surface area contributed by atoms with Crippen molar-refractivity contribution in [1.29, 1.82) is 0 Å². The molecule has 1 atom stereocenters. The highest BCUT2D eigenvalue weighted by Gasteiger charge is 2.38. The average molecular weight is 322 g/mol. The van der Waals surface area contributed by atoms with Crippen molar-refractivity contribution in [2.45, 2.75) is 33.2 Å². The van der Waals surface area contributed by atoms with Crippen LogP contribution in [0.25, 0.3) is 0 Å². The normalized spacial score (nSPS) is 16.2. The number of hydrogen-bond acceptors (Lipinski definition) is 2. The van der Waals surface area contributed by atoms with Crippen molar-refractivity contribution in [3.05, 3.63) is 64.7 Å². The number of carbonyl (C=O) groups is 2. The highest BCUT2D eigenvalue weighted by molar-refractivity contribution is 6.07. The van der Waals surface area contributed by atoms with Gasteiger partial charge in [0.05, 0.1) is 5.69 Å². The summed E-state index contributed by atoms with van der Waals surface area (Å²) < 4.78 is 0. The number of anilines is 1. The molecule has 0 unspecified atom stereocenters. The second kappa shape index (κ2) is 6.48. The van der Waals surface area contributed by atoms with Crippen LogP contribution in [-0.2, 0) is 16.0 Å². The van der Waals surface area contributed by atoms with E-state index in [2.05, 4.69) is 23.5 Å². The Morgan fingerprint density at radius 1 is 1.17 bits per heavy atom. The second-order valence-electron chi connectivity index (χ2n) is 6.38. The topological polar surface area (TPSA) is 49.4 Å². The van der Waals surface area contributed by atoms with Gasteiger partial charge in [-0.2, -0.15) is 0 Å². The molecule has 1 aliphatic heterocycles. The highest BCUT2D eigenvalue weighted by atomic mass is 16.2. The summed E-state index contributed by atoms with van der Waals surface area (Å²) in [6.07, 6.45) is 0.784. The molecule has 124 valence electrons. The minimum absolute atomic E-state index is 0.0511. The Balaban J connectivity index is 1.93. The third-order valence-electron chi connectivity index (χ3n) is 4.38. The molecule has 0 fully saturated rings. The molecule has 0 aliphatic carbocycles. The monoisotopic (exact) mass is 322 g/mol. The van der Waals surface area contributed by atoms with Crippen LogP contribution < -0.4 is 10.2 Å². The van der Waals surface area contributed by atoms with Crippen molar-refractivity contribution in [3.63, 3.8) is 0 Å². The average Bonchev–Trinajstić information content (AvgIpc) is 2.79. The molecule has 2 aromatic carbocycles. The van der Waals surface area contributed by atoms with E-state index in [4.69, 9.17) is 0 Å².